The van der Waals surface area contributed by atoms with Crippen LogP contribution in [0.4, 0.5) is 5.69 Å². The Morgan fingerprint density at radius 2 is 1.87 bits per heavy atom. The number of amides is 1. The fourth-order valence-electron chi connectivity index (χ4n) is 3.16. The highest BCUT2D eigenvalue weighted by molar-refractivity contribution is 5.95. The summed E-state index contributed by atoms with van der Waals surface area (Å²) >= 11 is 0. The first kappa shape index (κ1) is 18.9. The van der Waals surface area contributed by atoms with Gasteiger partial charge in [-0.2, -0.15) is 5.10 Å². The molecular formula is C22H20N8O. The lowest BCUT2D eigenvalue weighted by molar-refractivity contribution is -0.123. The predicted molar refractivity (Wildman–Crippen MR) is 118 cm³/mol. The number of fused-ring (bicyclic) bond motifs is 2. The number of imidazole rings is 1. The van der Waals surface area contributed by atoms with Crippen LogP contribution in [0.15, 0.2) is 49.1 Å². The van der Waals surface area contributed by atoms with Gasteiger partial charge >= 0.3 is 0 Å². The van der Waals surface area contributed by atoms with E-state index in [1.807, 2.05) is 45.0 Å². The number of carbonyl (C=O) groups excluding carboxylic acids is 1. The van der Waals surface area contributed by atoms with E-state index in [1.54, 1.807) is 24.8 Å². The number of hydrogen-bond donors (Lipinski definition) is 3. The maximum Gasteiger partial charge on any atom is 0.229 e. The smallest absolute Gasteiger partial charge is 0.229 e. The average Bonchev–Trinajstić information content (AvgIpc) is 3.36. The van der Waals surface area contributed by atoms with Crippen molar-refractivity contribution in [1.82, 2.24) is 35.1 Å². The molecule has 0 unspecified atom stereocenters. The van der Waals surface area contributed by atoms with Crippen LogP contribution < -0.4 is 5.32 Å². The third-order valence-electron chi connectivity index (χ3n) is 4.89. The summed E-state index contributed by atoms with van der Waals surface area (Å²) in [5.41, 5.74) is 5.37. The molecule has 0 spiro atoms. The molecule has 31 heavy (non-hydrogen) atoms. The molecule has 5 aromatic heterocycles. The number of pyridine rings is 3. The van der Waals surface area contributed by atoms with E-state index in [2.05, 4.69) is 35.5 Å². The third-order valence-corrected chi connectivity index (χ3v) is 4.89. The van der Waals surface area contributed by atoms with Gasteiger partial charge in [-0.15, -0.1) is 0 Å². The molecule has 0 atom stereocenters. The van der Waals surface area contributed by atoms with Crippen LogP contribution in [0, 0.1) is 5.41 Å². The minimum absolute atomic E-state index is 0.0774. The largest absolute Gasteiger partial charge is 0.335 e. The predicted octanol–water partition coefficient (Wildman–Crippen LogP) is 3.94. The number of aromatic amines is 2. The fourth-order valence-corrected chi connectivity index (χ4v) is 3.16. The second-order valence-corrected chi connectivity index (χ2v) is 8.31. The normalized spacial score (nSPS) is 11.8. The van der Waals surface area contributed by atoms with Crippen LogP contribution in [0.25, 0.3) is 44.8 Å². The van der Waals surface area contributed by atoms with Crippen molar-refractivity contribution in [2.75, 3.05) is 5.32 Å². The van der Waals surface area contributed by atoms with Gasteiger partial charge in [0.05, 0.1) is 40.3 Å². The summed E-state index contributed by atoms with van der Waals surface area (Å²) in [5, 5.41) is 10.3. The van der Waals surface area contributed by atoms with E-state index in [0.29, 0.717) is 28.4 Å². The minimum atomic E-state index is -0.499. The monoisotopic (exact) mass is 412 g/mol. The first-order chi connectivity index (χ1) is 14.9. The molecule has 0 fully saturated rings. The van der Waals surface area contributed by atoms with Crippen LogP contribution in [0.3, 0.4) is 0 Å². The zero-order chi connectivity index (χ0) is 21.6. The maximum absolute atomic E-state index is 12.3. The second kappa shape index (κ2) is 6.98. The van der Waals surface area contributed by atoms with E-state index < -0.39 is 5.41 Å². The van der Waals surface area contributed by atoms with Crippen LogP contribution in [0.5, 0.6) is 0 Å². The molecule has 154 valence electrons. The van der Waals surface area contributed by atoms with Crippen LogP contribution in [-0.2, 0) is 4.79 Å². The number of anilines is 1. The first-order valence-corrected chi connectivity index (χ1v) is 9.80. The molecule has 0 aliphatic rings. The summed E-state index contributed by atoms with van der Waals surface area (Å²) in [5.74, 6) is 0.537. The van der Waals surface area contributed by atoms with Gasteiger partial charge in [0, 0.05) is 23.4 Å². The number of H-pyrrole nitrogens is 2. The summed E-state index contributed by atoms with van der Waals surface area (Å²) in [6.45, 7) is 5.59. The van der Waals surface area contributed by atoms with Crippen molar-refractivity contribution in [2.24, 2.45) is 5.41 Å². The topological polar surface area (TPSA) is 125 Å². The summed E-state index contributed by atoms with van der Waals surface area (Å²) in [7, 11) is 0. The van der Waals surface area contributed by atoms with E-state index in [-0.39, 0.29) is 5.91 Å². The van der Waals surface area contributed by atoms with Gasteiger partial charge in [0.25, 0.3) is 0 Å². The Morgan fingerprint density at radius 3 is 2.68 bits per heavy atom. The van der Waals surface area contributed by atoms with Crippen molar-refractivity contribution >= 4 is 33.7 Å². The van der Waals surface area contributed by atoms with Gasteiger partial charge in [0.1, 0.15) is 5.52 Å². The van der Waals surface area contributed by atoms with Gasteiger partial charge in [-0.3, -0.25) is 19.9 Å². The number of nitrogens with zero attached hydrogens (tertiary/aromatic N) is 5. The molecule has 1 amide bonds. The van der Waals surface area contributed by atoms with Crippen molar-refractivity contribution in [2.45, 2.75) is 20.8 Å². The molecule has 0 aliphatic carbocycles. The Hall–Kier alpha value is -4.14. The van der Waals surface area contributed by atoms with Gasteiger partial charge < -0.3 is 10.3 Å². The zero-order valence-corrected chi connectivity index (χ0v) is 17.3. The SMILES string of the molecule is CC(C)(C)C(=O)Nc1cncc(-c2ccc3[nH]nc(-c4nc5ccncc5[nH]4)c3n2)c1. The van der Waals surface area contributed by atoms with Crippen LogP contribution in [0.2, 0.25) is 0 Å². The van der Waals surface area contributed by atoms with Gasteiger partial charge in [0.2, 0.25) is 5.91 Å². The van der Waals surface area contributed by atoms with E-state index in [9.17, 15) is 4.79 Å². The Bertz CT molecular complexity index is 1390. The zero-order valence-electron chi connectivity index (χ0n) is 17.3. The Morgan fingerprint density at radius 1 is 1.00 bits per heavy atom. The van der Waals surface area contributed by atoms with Gasteiger partial charge in [-0.25, -0.2) is 9.97 Å². The molecule has 9 heteroatoms. The van der Waals surface area contributed by atoms with E-state index in [1.165, 1.54) is 0 Å². The van der Waals surface area contributed by atoms with Crippen molar-refractivity contribution in [3.63, 3.8) is 0 Å². The molecule has 5 aromatic rings. The number of aromatic nitrogens is 7. The highest BCUT2D eigenvalue weighted by atomic mass is 16.2. The molecule has 0 bridgehead atoms. The quantitative estimate of drug-likeness (QED) is 0.412. The Balaban J connectivity index is 1.54. The molecule has 5 rings (SSSR count). The standard InChI is InChI=1S/C22H20N8O/c1-22(2,3)21(31)25-13-8-12(9-24-10-13)14-4-5-16-18(26-14)19(30-29-16)20-27-15-6-7-23-11-17(15)28-20/h4-11H,1-3H3,(H,25,31)(H,27,28)(H,29,30). The fraction of sp³-hybridized carbons (Fsp3) is 0.182. The molecule has 0 saturated heterocycles. The average molecular weight is 412 g/mol. The molecular weight excluding hydrogens is 392 g/mol. The number of hydrogen-bond acceptors (Lipinski definition) is 6. The number of rotatable bonds is 3. The molecule has 5 heterocycles. The maximum atomic E-state index is 12.3. The molecule has 0 radical (unpaired) electrons. The van der Waals surface area contributed by atoms with E-state index >= 15 is 0 Å². The first-order valence-electron chi connectivity index (χ1n) is 9.80. The Labute approximate surface area is 177 Å². The minimum Gasteiger partial charge on any atom is -0.335 e. The van der Waals surface area contributed by atoms with Gasteiger partial charge in [-0.1, -0.05) is 20.8 Å². The van der Waals surface area contributed by atoms with Crippen molar-refractivity contribution in [3.05, 3.63) is 49.1 Å². The lowest BCUT2D eigenvalue weighted by Gasteiger charge is -2.17. The van der Waals surface area contributed by atoms with Gasteiger partial charge in [0.15, 0.2) is 11.5 Å². The second-order valence-electron chi connectivity index (χ2n) is 8.31. The number of nitrogens with one attached hydrogen (secondary N) is 3. The third kappa shape index (κ3) is 3.50. The molecule has 0 saturated carbocycles. The lowest BCUT2D eigenvalue weighted by Crippen LogP contribution is -2.27. The van der Waals surface area contributed by atoms with Crippen molar-refractivity contribution in [3.8, 4) is 22.8 Å². The summed E-state index contributed by atoms with van der Waals surface area (Å²) in [4.78, 5) is 33.3. The molecule has 0 aromatic carbocycles. The molecule has 3 N–H and O–H groups in total. The van der Waals surface area contributed by atoms with Crippen LogP contribution in [-0.4, -0.2) is 41.0 Å². The van der Waals surface area contributed by atoms with Crippen molar-refractivity contribution < 1.29 is 4.79 Å². The van der Waals surface area contributed by atoms with Crippen LogP contribution in [0.1, 0.15) is 20.8 Å². The lowest BCUT2D eigenvalue weighted by atomic mass is 9.95. The summed E-state index contributed by atoms with van der Waals surface area (Å²) in [6.07, 6.45) is 6.76. The van der Waals surface area contributed by atoms with E-state index in [0.717, 1.165) is 22.1 Å². The van der Waals surface area contributed by atoms with E-state index in [4.69, 9.17) is 4.98 Å². The van der Waals surface area contributed by atoms with Crippen molar-refractivity contribution in [1.29, 1.82) is 0 Å². The van der Waals surface area contributed by atoms with Crippen LogP contribution >= 0.6 is 0 Å². The highest BCUT2D eigenvalue weighted by Gasteiger charge is 2.21. The number of carbonyl (C=O) groups is 1. The van der Waals surface area contributed by atoms with Gasteiger partial charge in [-0.05, 0) is 24.3 Å². The summed E-state index contributed by atoms with van der Waals surface area (Å²) < 4.78 is 0. The molecule has 0 aliphatic heterocycles. The molecule has 9 nitrogen and oxygen atoms in total. The highest BCUT2D eigenvalue weighted by Crippen LogP contribution is 2.28. The Kier molecular flexibility index (Phi) is 4.25. The summed E-state index contributed by atoms with van der Waals surface area (Å²) in [6, 6.07) is 7.50.